The van der Waals surface area contributed by atoms with Gasteiger partial charge in [-0.1, -0.05) is 20.8 Å². The smallest absolute Gasteiger partial charge is 0.154 e. The number of Topliss-reactive ketones (excluding diaryl/α,β-unsaturated/α-hetero) is 1. The largest absolute Gasteiger partial charge is 0.300 e. The van der Waals surface area contributed by atoms with Gasteiger partial charge in [0, 0.05) is 5.41 Å². The maximum absolute atomic E-state index is 11.6. The van der Waals surface area contributed by atoms with Gasteiger partial charge in [0.15, 0.2) is 5.78 Å². The number of nitrogens with zero attached hydrogens (tertiary/aromatic N) is 1. The zero-order valence-electron chi connectivity index (χ0n) is 8.43. The van der Waals surface area contributed by atoms with Crippen molar-refractivity contribution in [2.24, 2.45) is 5.41 Å². The van der Waals surface area contributed by atoms with E-state index in [0.717, 1.165) is 0 Å². The Morgan fingerprint density at radius 2 is 1.64 bits per heavy atom. The molecule has 0 saturated heterocycles. The fraction of sp³-hybridized carbons (Fsp3) is 0.889. The van der Waals surface area contributed by atoms with Gasteiger partial charge in [0.2, 0.25) is 0 Å². The molecule has 0 unspecified atom stereocenters. The van der Waals surface area contributed by atoms with Crippen LogP contribution in [0.15, 0.2) is 0 Å². The van der Waals surface area contributed by atoms with E-state index in [2.05, 4.69) is 0 Å². The van der Waals surface area contributed by atoms with Gasteiger partial charge >= 0.3 is 0 Å². The van der Waals surface area contributed by atoms with Gasteiger partial charge in [0.05, 0.1) is 6.04 Å². The molecule has 0 aromatic carbocycles. The Hall–Kier alpha value is -0.370. The van der Waals surface area contributed by atoms with E-state index in [1.807, 2.05) is 46.7 Å². The molecule has 11 heavy (non-hydrogen) atoms. The van der Waals surface area contributed by atoms with Crippen molar-refractivity contribution < 1.29 is 4.79 Å². The summed E-state index contributed by atoms with van der Waals surface area (Å²) in [4.78, 5) is 13.5. The number of carbonyl (C=O) groups excluding carboxylic acids is 1. The molecule has 1 atom stereocenters. The molecular weight excluding hydrogens is 138 g/mol. The van der Waals surface area contributed by atoms with Gasteiger partial charge in [0.25, 0.3) is 0 Å². The minimum Gasteiger partial charge on any atom is -0.300 e. The Balaban J connectivity index is 4.26. The average molecular weight is 157 g/mol. The van der Waals surface area contributed by atoms with E-state index >= 15 is 0 Å². The third-order valence-electron chi connectivity index (χ3n) is 1.89. The average Bonchev–Trinajstić information content (AvgIpc) is 1.82. The monoisotopic (exact) mass is 157 g/mol. The Kier molecular flexibility index (Phi) is 3.24. The number of carbonyl (C=O) groups is 1. The minimum absolute atomic E-state index is 0.0231. The molecule has 0 fully saturated rings. The van der Waals surface area contributed by atoms with E-state index in [9.17, 15) is 4.79 Å². The predicted octanol–water partition coefficient (Wildman–Crippen LogP) is 1.55. The first-order chi connectivity index (χ1) is 4.76. The van der Waals surface area contributed by atoms with Crippen molar-refractivity contribution in [2.45, 2.75) is 33.7 Å². The highest BCUT2D eigenvalue weighted by Gasteiger charge is 2.27. The molecule has 2 heteroatoms. The maximum Gasteiger partial charge on any atom is 0.154 e. The number of hydrogen-bond donors (Lipinski definition) is 0. The summed E-state index contributed by atoms with van der Waals surface area (Å²) in [5.74, 6) is 0.294. The number of likely N-dealkylation sites (N-methyl/N-ethyl adjacent to an activating group) is 1. The first-order valence-electron chi connectivity index (χ1n) is 3.97. The van der Waals surface area contributed by atoms with Crippen LogP contribution in [-0.4, -0.2) is 30.8 Å². The van der Waals surface area contributed by atoms with Gasteiger partial charge in [-0.15, -0.1) is 0 Å². The molecule has 0 bridgehead atoms. The Bertz CT molecular complexity index is 144. The quantitative estimate of drug-likeness (QED) is 0.606. The van der Waals surface area contributed by atoms with Crippen LogP contribution < -0.4 is 0 Å². The van der Waals surface area contributed by atoms with E-state index in [0.29, 0.717) is 5.78 Å². The molecule has 0 aliphatic rings. The second-order valence-electron chi connectivity index (χ2n) is 4.25. The predicted molar refractivity (Wildman–Crippen MR) is 47.6 cm³/mol. The summed E-state index contributed by atoms with van der Waals surface area (Å²) in [5, 5.41) is 0. The summed E-state index contributed by atoms with van der Waals surface area (Å²) in [5.41, 5.74) is -0.219. The van der Waals surface area contributed by atoms with Crippen LogP contribution in [0.1, 0.15) is 27.7 Å². The van der Waals surface area contributed by atoms with Gasteiger partial charge in [-0.25, -0.2) is 0 Å². The lowest BCUT2D eigenvalue weighted by atomic mass is 9.87. The van der Waals surface area contributed by atoms with Crippen LogP contribution in [0.25, 0.3) is 0 Å². The summed E-state index contributed by atoms with van der Waals surface area (Å²) in [6.07, 6.45) is 0. The lowest BCUT2D eigenvalue weighted by molar-refractivity contribution is -0.130. The summed E-state index contributed by atoms with van der Waals surface area (Å²) >= 11 is 0. The van der Waals surface area contributed by atoms with Gasteiger partial charge in [-0.05, 0) is 21.0 Å². The first kappa shape index (κ1) is 10.6. The van der Waals surface area contributed by atoms with E-state index in [1.54, 1.807) is 0 Å². The van der Waals surface area contributed by atoms with Gasteiger partial charge in [-0.2, -0.15) is 0 Å². The second kappa shape index (κ2) is 3.35. The fourth-order valence-corrected chi connectivity index (χ4v) is 0.861. The molecule has 0 radical (unpaired) electrons. The molecule has 0 aliphatic heterocycles. The first-order valence-corrected chi connectivity index (χ1v) is 3.97. The van der Waals surface area contributed by atoms with Crippen LogP contribution in [0.5, 0.6) is 0 Å². The Labute approximate surface area is 69.6 Å². The highest BCUT2D eigenvalue weighted by molar-refractivity contribution is 5.88. The molecule has 0 amide bonds. The third kappa shape index (κ3) is 3.02. The Morgan fingerprint density at radius 1 is 1.27 bits per heavy atom. The number of rotatable bonds is 2. The van der Waals surface area contributed by atoms with Crippen LogP contribution in [0, 0.1) is 5.41 Å². The molecule has 0 aliphatic carbocycles. The van der Waals surface area contributed by atoms with Crippen molar-refractivity contribution in [3.63, 3.8) is 0 Å². The van der Waals surface area contributed by atoms with E-state index < -0.39 is 0 Å². The molecule has 0 aromatic rings. The third-order valence-corrected chi connectivity index (χ3v) is 1.89. The summed E-state index contributed by atoms with van der Waals surface area (Å²) in [7, 11) is 3.85. The fourth-order valence-electron chi connectivity index (χ4n) is 0.861. The van der Waals surface area contributed by atoms with Crippen LogP contribution in [-0.2, 0) is 4.79 Å². The van der Waals surface area contributed by atoms with Crippen LogP contribution >= 0.6 is 0 Å². The van der Waals surface area contributed by atoms with Crippen molar-refractivity contribution in [1.82, 2.24) is 4.90 Å². The van der Waals surface area contributed by atoms with Crippen molar-refractivity contribution >= 4 is 5.78 Å². The molecule has 0 heterocycles. The van der Waals surface area contributed by atoms with Crippen LogP contribution in [0.2, 0.25) is 0 Å². The number of hydrogen-bond acceptors (Lipinski definition) is 2. The molecule has 0 saturated carbocycles. The summed E-state index contributed by atoms with van der Waals surface area (Å²) < 4.78 is 0. The van der Waals surface area contributed by atoms with Crippen molar-refractivity contribution in [1.29, 1.82) is 0 Å². The van der Waals surface area contributed by atoms with Gasteiger partial charge < -0.3 is 0 Å². The Morgan fingerprint density at radius 3 is 1.73 bits per heavy atom. The van der Waals surface area contributed by atoms with Crippen LogP contribution in [0.4, 0.5) is 0 Å². The topological polar surface area (TPSA) is 20.3 Å². The van der Waals surface area contributed by atoms with Crippen molar-refractivity contribution in [2.75, 3.05) is 14.1 Å². The molecule has 66 valence electrons. The zero-order valence-corrected chi connectivity index (χ0v) is 8.43. The highest BCUT2D eigenvalue weighted by Crippen LogP contribution is 2.18. The second-order valence-corrected chi connectivity index (χ2v) is 4.25. The lowest BCUT2D eigenvalue weighted by Gasteiger charge is -2.26. The van der Waals surface area contributed by atoms with E-state index in [-0.39, 0.29) is 11.5 Å². The summed E-state index contributed by atoms with van der Waals surface area (Å²) in [6, 6.07) is 0.0231. The zero-order chi connectivity index (χ0) is 9.23. The highest BCUT2D eigenvalue weighted by atomic mass is 16.1. The van der Waals surface area contributed by atoms with E-state index in [4.69, 9.17) is 0 Å². The molecule has 0 rings (SSSR count). The summed E-state index contributed by atoms with van der Waals surface area (Å²) in [6.45, 7) is 7.80. The number of ketones is 1. The minimum atomic E-state index is -0.219. The van der Waals surface area contributed by atoms with E-state index in [1.165, 1.54) is 0 Å². The van der Waals surface area contributed by atoms with Gasteiger partial charge in [0.1, 0.15) is 0 Å². The van der Waals surface area contributed by atoms with Crippen molar-refractivity contribution in [3.05, 3.63) is 0 Å². The van der Waals surface area contributed by atoms with Crippen molar-refractivity contribution in [3.8, 4) is 0 Å². The SMILES string of the molecule is C[C@H](C(=O)C(C)(C)C)N(C)C. The molecule has 2 nitrogen and oxygen atoms in total. The standard InChI is InChI=1S/C9H19NO/c1-7(10(5)6)8(11)9(2,3)4/h7H,1-6H3/t7-/m1/s1. The normalized spacial score (nSPS) is 15.2. The molecule has 0 N–H and O–H groups in total. The maximum atomic E-state index is 11.6. The molecule has 0 aromatic heterocycles. The molecular formula is C9H19NO. The molecule has 0 spiro atoms. The van der Waals surface area contributed by atoms with Crippen LogP contribution in [0.3, 0.4) is 0 Å². The lowest BCUT2D eigenvalue weighted by Crippen LogP contribution is -2.39. The van der Waals surface area contributed by atoms with Gasteiger partial charge in [-0.3, -0.25) is 9.69 Å².